The molecule has 4 rings (SSSR count). The first kappa shape index (κ1) is 25.6. The van der Waals surface area contributed by atoms with E-state index in [-0.39, 0.29) is 17.6 Å². The molecular formula is C24H31FN4O4S2. The fraction of sp³-hybridized carbons (Fsp3) is 0.542. The lowest BCUT2D eigenvalue weighted by Crippen LogP contribution is -2.41. The van der Waals surface area contributed by atoms with Crippen LogP contribution in [0.25, 0.3) is 0 Å². The molecule has 2 aliphatic rings. The Balaban J connectivity index is 1.41. The van der Waals surface area contributed by atoms with Crippen LogP contribution in [0.15, 0.2) is 33.1 Å². The molecule has 0 bridgehead atoms. The van der Waals surface area contributed by atoms with Gasteiger partial charge in [0.2, 0.25) is 0 Å². The van der Waals surface area contributed by atoms with Crippen LogP contribution >= 0.6 is 11.3 Å². The molecule has 0 radical (unpaired) electrons. The van der Waals surface area contributed by atoms with Gasteiger partial charge in [-0.25, -0.2) is 18.4 Å². The van der Waals surface area contributed by atoms with Crippen molar-refractivity contribution in [2.24, 2.45) is 9.52 Å². The van der Waals surface area contributed by atoms with Gasteiger partial charge in [-0.05, 0) is 45.7 Å². The second kappa shape index (κ2) is 9.85. The van der Waals surface area contributed by atoms with Gasteiger partial charge in [0.1, 0.15) is 17.1 Å². The Kier molecular flexibility index (Phi) is 7.19. The van der Waals surface area contributed by atoms with Crippen LogP contribution < -0.4 is 0 Å². The highest BCUT2D eigenvalue weighted by Gasteiger charge is 2.32. The number of oxime groups is 1. The molecule has 1 fully saturated rings. The molecule has 3 heterocycles. The number of aromatic nitrogens is 1. The van der Waals surface area contributed by atoms with E-state index in [0.717, 1.165) is 17.8 Å². The summed E-state index contributed by atoms with van der Waals surface area (Å²) in [5.41, 5.74) is 1.42. The minimum atomic E-state index is -2.47. The number of likely N-dealkylation sites (tertiary alicyclic amines) is 1. The monoisotopic (exact) mass is 522 g/mol. The van der Waals surface area contributed by atoms with Crippen LogP contribution in [0.5, 0.6) is 0 Å². The van der Waals surface area contributed by atoms with Crippen LogP contribution in [0.4, 0.5) is 14.9 Å². The third kappa shape index (κ3) is 6.38. The SMILES string of the molecule is CC(C)(C)OC(=O)N1CCC(c2nc(C3=NOC(c4c(F)cccc4N=S(C)(C)=O)C3)cs2)CC1. The Labute approximate surface area is 209 Å². The van der Waals surface area contributed by atoms with Crippen LogP contribution in [0, 0.1) is 5.82 Å². The minimum Gasteiger partial charge on any atom is -0.444 e. The van der Waals surface area contributed by atoms with Crippen LogP contribution in [0.2, 0.25) is 0 Å². The number of ether oxygens (including phenoxy) is 1. The lowest BCUT2D eigenvalue weighted by molar-refractivity contribution is 0.0204. The van der Waals surface area contributed by atoms with Gasteiger partial charge in [0, 0.05) is 53.0 Å². The number of benzene rings is 1. The molecule has 1 amide bonds. The minimum absolute atomic E-state index is 0.255. The molecule has 1 unspecified atom stereocenters. The number of rotatable bonds is 4. The standard InChI is InChI=1S/C24H31FN4O4S2/c1-24(2,3)32-23(30)29-11-9-15(10-12-29)22-26-19(14-34-22)18-13-20(33-27-18)21-16(25)7-6-8-17(21)28-35(4,5)31/h6-8,14-15,20H,9-13H2,1-5H3. The third-order valence-electron chi connectivity index (χ3n) is 5.65. The summed E-state index contributed by atoms with van der Waals surface area (Å²) in [6.45, 7) is 6.84. The van der Waals surface area contributed by atoms with Gasteiger partial charge in [-0.2, -0.15) is 4.36 Å². The van der Waals surface area contributed by atoms with Crippen molar-refractivity contribution >= 4 is 38.6 Å². The molecule has 0 aliphatic carbocycles. The van der Waals surface area contributed by atoms with E-state index in [4.69, 9.17) is 14.6 Å². The van der Waals surface area contributed by atoms with E-state index < -0.39 is 27.3 Å². The lowest BCUT2D eigenvalue weighted by Gasteiger charge is -2.32. The Morgan fingerprint density at radius 2 is 2.00 bits per heavy atom. The first-order chi connectivity index (χ1) is 16.4. The summed E-state index contributed by atoms with van der Waals surface area (Å²) in [5, 5.41) is 7.12. The summed E-state index contributed by atoms with van der Waals surface area (Å²) in [4.78, 5) is 24.4. The molecule has 8 nitrogen and oxygen atoms in total. The third-order valence-corrected chi connectivity index (χ3v) is 7.30. The molecule has 190 valence electrons. The Morgan fingerprint density at radius 3 is 2.66 bits per heavy atom. The normalized spacial score (nSPS) is 19.3. The second-order valence-electron chi connectivity index (χ2n) is 10.1. The first-order valence-corrected chi connectivity index (χ1v) is 14.7. The number of carbonyl (C=O) groups excluding carboxylic acids is 1. The molecular weight excluding hydrogens is 491 g/mol. The second-order valence-corrected chi connectivity index (χ2v) is 13.5. The number of halogens is 1. The summed E-state index contributed by atoms with van der Waals surface area (Å²) in [6.07, 6.45) is 4.05. The van der Waals surface area contributed by atoms with Crippen molar-refractivity contribution in [2.45, 2.75) is 57.7 Å². The molecule has 1 aromatic heterocycles. The molecule has 0 spiro atoms. The summed E-state index contributed by atoms with van der Waals surface area (Å²) in [7, 11) is -2.47. The highest BCUT2D eigenvalue weighted by molar-refractivity contribution is 7.92. The molecule has 0 N–H and O–H groups in total. The molecule has 1 saturated heterocycles. The van der Waals surface area contributed by atoms with E-state index in [0.29, 0.717) is 36.6 Å². The molecule has 2 aliphatic heterocycles. The topological polar surface area (TPSA) is 93.4 Å². The van der Waals surface area contributed by atoms with E-state index in [1.807, 2.05) is 26.2 Å². The average Bonchev–Trinajstić information content (AvgIpc) is 3.41. The van der Waals surface area contributed by atoms with Gasteiger partial charge < -0.3 is 14.5 Å². The lowest BCUT2D eigenvalue weighted by atomic mass is 9.97. The van der Waals surface area contributed by atoms with Crippen molar-refractivity contribution in [3.63, 3.8) is 0 Å². The number of thiazole rings is 1. The summed E-state index contributed by atoms with van der Waals surface area (Å²) >= 11 is 1.56. The van der Waals surface area contributed by atoms with Crippen molar-refractivity contribution in [1.82, 2.24) is 9.88 Å². The number of hydrogen-bond donors (Lipinski definition) is 0. The maximum atomic E-state index is 14.7. The fourth-order valence-corrected chi connectivity index (χ4v) is 5.72. The van der Waals surface area contributed by atoms with Gasteiger partial charge in [-0.1, -0.05) is 11.2 Å². The predicted octanol–water partition coefficient (Wildman–Crippen LogP) is 5.62. The van der Waals surface area contributed by atoms with E-state index >= 15 is 0 Å². The number of piperidine rings is 1. The van der Waals surface area contributed by atoms with Gasteiger partial charge in [-0.15, -0.1) is 11.3 Å². The van der Waals surface area contributed by atoms with Crippen LogP contribution in [-0.4, -0.2) is 57.1 Å². The van der Waals surface area contributed by atoms with Gasteiger partial charge in [-0.3, -0.25) is 0 Å². The Bertz CT molecular complexity index is 1240. The van der Waals surface area contributed by atoms with Gasteiger partial charge in [0.05, 0.1) is 22.0 Å². The highest BCUT2D eigenvalue weighted by atomic mass is 32.2. The van der Waals surface area contributed by atoms with Crippen LogP contribution in [0.3, 0.4) is 0 Å². The van der Waals surface area contributed by atoms with Gasteiger partial charge >= 0.3 is 6.09 Å². The van der Waals surface area contributed by atoms with E-state index in [1.165, 1.54) is 18.6 Å². The zero-order chi connectivity index (χ0) is 25.4. The van der Waals surface area contributed by atoms with E-state index in [9.17, 15) is 13.4 Å². The highest BCUT2D eigenvalue weighted by Crippen LogP contribution is 2.38. The molecule has 35 heavy (non-hydrogen) atoms. The van der Waals surface area contributed by atoms with Crippen molar-refractivity contribution in [3.8, 4) is 0 Å². The quantitative estimate of drug-likeness (QED) is 0.519. The first-order valence-electron chi connectivity index (χ1n) is 11.5. The maximum absolute atomic E-state index is 14.7. The zero-order valence-corrected chi connectivity index (χ0v) is 22.2. The summed E-state index contributed by atoms with van der Waals surface area (Å²) in [5.74, 6) is -0.211. The maximum Gasteiger partial charge on any atom is 0.410 e. The van der Waals surface area contributed by atoms with E-state index in [1.54, 1.807) is 28.4 Å². The van der Waals surface area contributed by atoms with Gasteiger partial charge in [0.15, 0.2) is 6.10 Å². The van der Waals surface area contributed by atoms with Crippen LogP contribution in [-0.2, 0) is 19.3 Å². The van der Waals surface area contributed by atoms with Gasteiger partial charge in [0.25, 0.3) is 0 Å². The molecule has 11 heteroatoms. The molecule has 1 atom stereocenters. The zero-order valence-electron chi connectivity index (χ0n) is 20.6. The average molecular weight is 523 g/mol. The summed E-state index contributed by atoms with van der Waals surface area (Å²) < 4.78 is 36.6. The molecule has 2 aromatic rings. The number of hydrogen-bond acceptors (Lipinski definition) is 8. The van der Waals surface area contributed by atoms with Crippen molar-refractivity contribution in [1.29, 1.82) is 0 Å². The van der Waals surface area contributed by atoms with Crippen molar-refractivity contribution < 1.29 is 23.0 Å². The predicted molar refractivity (Wildman–Crippen MR) is 135 cm³/mol. The Morgan fingerprint density at radius 1 is 1.29 bits per heavy atom. The molecule has 0 saturated carbocycles. The number of carbonyl (C=O) groups is 1. The fourth-order valence-electron chi connectivity index (χ4n) is 4.09. The summed E-state index contributed by atoms with van der Waals surface area (Å²) in [6, 6.07) is 4.52. The van der Waals surface area contributed by atoms with Crippen molar-refractivity contribution in [3.05, 3.63) is 45.7 Å². The smallest absolute Gasteiger partial charge is 0.410 e. The van der Waals surface area contributed by atoms with E-state index in [2.05, 4.69) is 9.52 Å². The van der Waals surface area contributed by atoms with Crippen LogP contribution in [0.1, 0.15) is 68.3 Å². The Hall–Kier alpha value is -2.53. The largest absolute Gasteiger partial charge is 0.444 e. The molecule has 1 aromatic carbocycles. The number of nitrogens with zero attached hydrogens (tertiary/aromatic N) is 4. The number of amides is 1. The van der Waals surface area contributed by atoms with Crippen molar-refractivity contribution in [2.75, 3.05) is 25.6 Å².